The molecule has 0 N–H and O–H groups in total. The number of benzene rings is 2. The fraction of sp³-hybridized carbons (Fsp3) is 0.393. The smallest absolute Gasteiger partial charge is 0.0705 e. The zero-order valence-electron chi connectivity index (χ0n) is 19.1. The van der Waals surface area contributed by atoms with Gasteiger partial charge in [0.15, 0.2) is 0 Å². The van der Waals surface area contributed by atoms with E-state index >= 15 is 0 Å². The van der Waals surface area contributed by atoms with Crippen LogP contribution in [0.3, 0.4) is 0 Å². The second kappa shape index (κ2) is 11.0. The van der Waals surface area contributed by atoms with Gasteiger partial charge < -0.3 is 0 Å². The van der Waals surface area contributed by atoms with Crippen LogP contribution in [0.4, 0.5) is 0 Å². The van der Waals surface area contributed by atoms with Crippen LogP contribution in [0.15, 0.2) is 72.9 Å². The summed E-state index contributed by atoms with van der Waals surface area (Å²) in [5.41, 5.74) is 6.31. The Balaban J connectivity index is 0.000000687. The maximum atomic E-state index is 4.65. The Morgan fingerprint density at radius 3 is 1.97 bits per heavy atom. The Hall–Kier alpha value is -2.41. The van der Waals surface area contributed by atoms with Crippen LogP contribution >= 0.6 is 0 Å². The van der Waals surface area contributed by atoms with E-state index in [-0.39, 0.29) is 5.41 Å². The lowest BCUT2D eigenvalue weighted by atomic mass is 9.69. The SMILES string of the molecule is CCC(C)(c1ccc(-c2ccccc2)cc1-c1ccccn1)C(C)C.CCCC. The molecule has 3 aromatic rings. The van der Waals surface area contributed by atoms with E-state index in [1.165, 1.54) is 35.1 Å². The van der Waals surface area contributed by atoms with Gasteiger partial charge in [-0.2, -0.15) is 0 Å². The summed E-state index contributed by atoms with van der Waals surface area (Å²) in [5, 5.41) is 0. The molecule has 29 heavy (non-hydrogen) atoms. The molecule has 0 fully saturated rings. The molecule has 1 heteroatoms. The number of aromatic nitrogens is 1. The molecule has 1 unspecified atom stereocenters. The van der Waals surface area contributed by atoms with Crippen molar-refractivity contribution in [2.75, 3.05) is 0 Å². The fourth-order valence-corrected chi connectivity index (χ4v) is 3.50. The van der Waals surface area contributed by atoms with Gasteiger partial charge in [0.05, 0.1) is 5.69 Å². The number of hydrogen-bond acceptors (Lipinski definition) is 1. The number of nitrogens with zero attached hydrogens (tertiary/aromatic N) is 1. The van der Waals surface area contributed by atoms with Crippen LogP contribution in [0.1, 0.15) is 66.4 Å². The summed E-state index contributed by atoms with van der Waals surface area (Å²) in [6, 6.07) is 23.6. The molecule has 2 aromatic carbocycles. The first kappa shape index (κ1) is 22.9. The van der Waals surface area contributed by atoms with E-state index in [1.54, 1.807) is 0 Å². The molecule has 1 aromatic heterocycles. The highest BCUT2D eigenvalue weighted by Gasteiger charge is 2.31. The predicted molar refractivity (Wildman–Crippen MR) is 128 cm³/mol. The van der Waals surface area contributed by atoms with Crippen LogP contribution < -0.4 is 0 Å². The van der Waals surface area contributed by atoms with E-state index in [1.807, 2.05) is 12.3 Å². The molecule has 1 atom stereocenters. The second-order valence-corrected chi connectivity index (χ2v) is 8.27. The average Bonchev–Trinajstić information content (AvgIpc) is 2.79. The molecule has 1 nitrogen and oxygen atoms in total. The lowest BCUT2D eigenvalue weighted by Crippen LogP contribution is -2.28. The van der Waals surface area contributed by atoms with Crippen molar-refractivity contribution in [2.24, 2.45) is 5.92 Å². The summed E-state index contributed by atoms with van der Waals surface area (Å²) in [7, 11) is 0. The van der Waals surface area contributed by atoms with Crippen molar-refractivity contribution in [3.05, 3.63) is 78.5 Å². The molecule has 154 valence electrons. The molecule has 0 spiro atoms. The summed E-state index contributed by atoms with van der Waals surface area (Å²) >= 11 is 0. The molecular formula is C28H37N. The quantitative estimate of drug-likeness (QED) is 0.413. The van der Waals surface area contributed by atoms with Gasteiger partial charge in [0.1, 0.15) is 0 Å². The van der Waals surface area contributed by atoms with Gasteiger partial charge in [0, 0.05) is 11.8 Å². The fourth-order valence-electron chi connectivity index (χ4n) is 3.50. The van der Waals surface area contributed by atoms with E-state index < -0.39 is 0 Å². The minimum atomic E-state index is 0.127. The number of rotatable bonds is 6. The number of hydrogen-bond donors (Lipinski definition) is 0. The number of unbranched alkanes of at least 4 members (excludes halogenated alkanes) is 1. The third kappa shape index (κ3) is 5.56. The molecule has 0 aliphatic rings. The molecule has 0 saturated heterocycles. The third-order valence-electron chi connectivity index (χ3n) is 6.19. The zero-order chi connectivity index (χ0) is 21.3. The zero-order valence-corrected chi connectivity index (χ0v) is 19.1. The minimum Gasteiger partial charge on any atom is -0.256 e. The first-order chi connectivity index (χ1) is 14.0. The molecule has 0 bridgehead atoms. The van der Waals surface area contributed by atoms with Gasteiger partial charge in [-0.05, 0) is 52.6 Å². The summed E-state index contributed by atoms with van der Waals surface area (Å²) in [6.07, 6.45) is 5.63. The van der Waals surface area contributed by atoms with Gasteiger partial charge in [-0.1, -0.05) is 103 Å². The summed E-state index contributed by atoms with van der Waals surface area (Å²) in [5.74, 6) is 0.558. The Kier molecular flexibility index (Phi) is 8.64. The largest absolute Gasteiger partial charge is 0.256 e. The second-order valence-electron chi connectivity index (χ2n) is 8.27. The van der Waals surface area contributed by atoms with Crippen LogP contribution in [-0.4, -0.2) is 4.98 Å². The van der Waals surface area contributed by atoms with Gasteiger partial charge in [0.2, 0.25) is 0 Å². The van der Waals surface area contributed by atoms with Gasteiger partial charge in [0.25, 0.3) is 0 Å². The van der Waals surface area contributed by atoms with Gasteiger partial charge in [-0.3, -0.25) is 4.98 Å². The van der Waals surface area contributed by atoms with Crippen molar-refractivity contribution in [3.63, 3.8) is 0 Å². The van der Waals surface area contributed by atoms with Crippen molar-refractivity contribution < 1.29 is 0 Å². The molecular weight excluding hydrogens is 350 g/mol. The lowest BCUT2D eigenvalue weighted by molar-refractivity contribution is 0.327. The average molecular weight is 388 g/mol. The van der Waals surface area contributed by atoms with Crippen LogP contribution in [0.2, 0.25) is 0 Å². The van der Waals surface area contributed by atoms with Gasteiger partial charge in [-0.25, -0.2) is 0 Å². The Bertz CT molecular complexity index is 850. The summed E-state index contributed by atoms with van der Waals surface area (Å²) in [6.45, 7) is 13.7. The monoisotopic (exact) mass is 387 g/mol. The summed E-state index contributed by atoms with van der Waals surface area (Å²) < 4.78 is 0. The highest BCUT2D eigenvalue weighted by atomic mass is 14.7. The highest BCUT2D eigenvalue weighted by molar-refractivity contribution is 5.75. The standard InChI is InChI=1S/C24H27N.C4H10/c1-5-24(4,18(2)3)22-15-14-20(19-11-7-6-8-12-19)17-21(22)23-13-9-10-16-25-23;1-3-4-2/h6-18H,5H2,1-4H3;3-4H2,1-2H3. The first-order valence-electron chi connectivity index (χ1n) is 11.1. The third-order valence-corrected chi connectivity index (χ3v) is 6.19. The predicted octanol–water partition coefficient (Wildman–Crippen LogP) is 8.55. The Morgan fingerprint density at radius 2 is 1.45 bits per heavy atom. The van der Waals surface area contributed by atoms with Crippen molar-refractivity contribution in [1.82, 2.24) is 4.98 Å². The van der Waals surface area contributed by atoms with Crippen molar-refractivity contribution in [2.45, 2.75) is 66.2 Å². The number of pyridine rings is 1. The Labute approximate surface area is 178 Å². The lowest BCUT2D eigenvalue weighted by Gasteiger charge is -2.35. The van der Waals surface area contributed by atoms with Crippen LogP contribution in [-0.2, 0) is 5.41 Å². The molecule has 3 rings (SSSR count). The van der Waals surface area contributed by atoms with Crippen LogP contribution in [0.25, 0.3) is 22.4 Å². The molecule has 0 aliphatic heterocycles. The van der Waals surface area contributed by atoms with E-state index in [2.05, 4.69) is 107 Å². The van der Waals surface area contributed by atoms with Crippen LogP contribution in [0.5, 0.6) is 0 Å². The maximum absolute atomic E-state index is 4.65. The molecule has 0 saturated carbocycles. The van der Waals surface area contributed by atoms with E-state index in [0.717, 1.165) is 12.1 Å². The molecule has 0 amide bonds. The molecule has 0 radical (unpaired) electrons. The topological polar surface area (TPSA) is 12.9 Å². The minimum absolute atomic E-state index is 0.127. The van der Waals surface area contributed by atoms with E-state index in [4.69, 9.17) is 0 Å². The van der Waals surface area contributed by atoms with Gasteiger partial charge >= 0.3 is 0 Å². The van der Waals surface area contributed by atoms with Crippen molar-refractivity contribution in [3.8, 4) is 22.4 Å². The normalized spacial score (nSPS) is 12.8. The highest BCUT2D eigenvalue weighted by Crippen LogP contribution is 2.41. The molecule has 1 heterocycles. The van der Waals surface area contributed by atoms with E-state index in [9.17, 15) is 0 Å². The Morgan fingerprint density at radius 1 is 0.793 bits per heavy atom. The van der Waals surface area contributed by atoms with Crippen molar-refractivity contribution in [1.29, 1.82) is 0 Å². The first-order valence-corrected chi connectivity index (χ1v) is 11.1. The summed E-state index contributed by atoms with van der Waals surface area (Å²) in [4.78, 5) is 4.65. The van der Waals surface area contributed by atoms with Crippen molar-refractivity contribution >= 4 is 0 Å². The van der Waals surface area contributed by atoms with Crippen LogP contribution in [0, 0.1) is 5.92 Å². The van der Waals surface area contributed by atoms with Gasteiger partial charge in [-0.15, -0.1) is 0 Å². The van der Waals surface area contributed by atoms with E-state index in [0.29, 0.717) is 5.92 Å². The molecule has 0 aliphatic carbocycles. The maximum Gasteiger partial charge on any atom is 0.0705 e.